The second-order valence-electron chi connectivity index (χ2n) is 4.89. The van der Waals surface area contributed by atoms with Crippen molar-refractivity contribution in [3.63, 3.8) is 0 Å². The molecule has 1 aromatic rings. The minimum absolute atomic E-state index is 0.175. The number of carboxylic acids is 1. The molecule has 0 unspecified atom stereocenters. The molecule has 6 heteroatoms. The molecule has 0 radical (unpaired) electrons. The van der Waals surface area contributed by atoms with Crippen LogP contribution >= 0.6 is 0 Å². The highest BCUT2D eigenvalue weighted by Gasteiger charge is 2.13. The van der Waals surface area contributed by atoms with Gasteiger partial charge in [-0.05, 0) is 26.3 Å². The van der Waals surface area contributed by atoms with Gasteiger partial charge in [-0.1, -0.05) is 0 Å². The largest absolute Gasteiger partial charge is 0.481 e. The van der Waals surface area contributed by atoms with Crippen LogP contribution in [-0.2, 0) is 4.79 Å². The SMILES string of the molecule is CC(C)N(CCCC(=O)O)c1ccnc(N(C)C)n1. The van der Waals surface area contributed by atoms with Gasteiger partial charge in [0.1, 0.15) is 5.82 Å². The van der Waals surface area contributed by atoms with E-state index < -0.39 is 5.97 Å². The fourth-order valence-corrected chi connectivity index (χ4v) is 1.75. The number of carbonyl (C=O) groups is 1. The summed E-state index contributed by atoms with van der Waals surface area (Å²) in [5.74, 6) is 0.723. The van der Waals surface area contributed by atoms with Crippen molar-refractivity contribution in [2.45, 2.75) is 32.7 Å². The Bertz CT molecular complexity index is 421. The summed E-state index contributed by atoms with van der Waals surface area (Å²) in [6, 6.07) is 2.12. The van der Waals surface area contributed by atoms with Gasteiger partial charge in [0.25, 0.3) is 0 Å². The predicted octanol–water partition coefficient (Wildman–Crippen LogP) is 1.62. The van der Waals surface area contributed by atoms with Crippen molar-refractivity contribution in [3.8, 4) is 0 Å². The first kappa shape index (κ1) is 15.2. The molecule has 0 amide bonds. The first-order valence-corrected chi connectivity index (χ1v) is 6.40. The van der Waals surface area contributed by atoms with Crippen molar-refractivity contribution in [1.82, 2.24) is 9.97 Å². The van der Waals surface area contributed by atoms with Crippen LogP contribution in [0.4, 0.5) is 11.8 Å². The second-order valence-corrected chi connectivity index (χ2v) is 4.89. The van der Waals surface area contributed by atoms with E-state index in [1.54, 1.807) is 6.20 Å². The average molecular weight is 266 g/mol. The zero-order chi connectivity index (χ0) is 14.4. The number of anilines is 2. The fraction of sp³-hybridized carbons (Fsp3) is 0.615. The number of hydrogen-bond acceptors (Lipinski definition) is 5. The van der Waals surface area contributed by atoms with Gasteiger partial charge in [-0.15, -0.1) is 0 Å². The lowest BCUT2D eigenvalue weighted by Gasteiger charge is -2.28. The fourth-order valence-electron chi connectivity index (χ4n) is 1.75. The maximum absolute atomic E-state index is 10.6. The van der Waals surface area contributed by atoms with Gasteiger partial charge in [0.05, 0.1) is 0 Å². The molecule has 1 rings (SSSR count). The zero-order valence-corrected chi connectivity index (χ0v) is 12.0. The van der Waals surface area contributed by atoms with Crippen LogP contribution in [0.2, 0.25) is 0 Å². The third-order valence-electron chi connectivity index (χ3n) is 2.74. The van der Waals surface area contributed by atoms with E-state index in [4.69, 9.17) is 5.11 Å². The van der Waals surface area contributed by atoms with E-state index in [1.165, 1.54) is 0 Å². The van der Waals surface area contributed by atoms with Gasteiger partial charge in [-0.2, -0.15) is 4.98 Å². The summed E-state index contributed by atoms with van der Waals surface area (Å²) in [5.41, 5.74) is 0. The quantitative estimate of drug-likeness (QED) is 0.808. The van der Waals surface area contributed by atoms with Crippen molar-refractivity contribution in [1.29, 1.82) is 0 Å². The number of nitrogens with zero attached hydrogens (tertiary/aromatic N) is 4. The van der Waals surface area contributed by atoms with Crippen molar-refractivity contribution >= 4 is 17.7 Å². The number of aliphatic carboxylic acids is 1. The van der Waals surface area contributed by atoms with E-state index in [1.807, 2.05) is 25.1 Å². The zero-order valence-electron chi connectivity index (χ0n) is 12.0. The molecule has 1 aromatic heterocycles. The van der Waals surface area contributed by atoms with Gasteiger partial charge in [0, 0.05) is 39.3 Å². The van der Waals surface area contributed by atoms with Crippen molar-refractivity contribution in [3.05, 3.63) is 12.3 Å². The Hall–Kier alpha value is -1.85. The van der Waals surface area contributed by atoms with E-state index in [0.717, 1.165) is 5.82 Å². The molecule has 0 fully saturated rings. The van der Waals surface area contributed by atoms with Crippen LogP contribution in [0.25, 0.3) is 0 Å². The Morgan fingerprint density at radius 2 is 2.11 bits per heavy atom. The van der Waals surface area contributed by atoms with Crippen molar-refractivity contribution < 1.29 is 9.90 Å². The lowest BCUT2D eigenvalue weighted by molar-refractivity contribution is -0.137. The highest BCUT2D eigenvalue weighted by molar-refractivity contribution is 5.66. The van der Waals surface area contributed by atoms with Crippen LogP contribution < -0.4 is 9.80 Å². The summed E-state index contributed by atoms with van der Waals surface area (Å²) in [4.78, 5) is 23.2. The van der Waals surface area contributed by atoms with E-state index >= 15 is 0 Å². The molecule has 1 N–H and O–H groups in total. The molecule has 1 heterocycles. The Labute approximate surface area is 114 Å². The predicted molar refractivity (Wildman–Crippen MR) is 75.7 cm³/mol. The summed E-state index contributed by atoms with van der Waals surface area (Å²) in [6.07, 6.45) is 2.51. The van der Waals surface area contributed by atoms with Crippen LogP contribution in [0.1, 0.15) is 26.7 Å². The van der Waals surface area contributed by atoms with Gasteiger partial charge in [0.2, 0.25) is 5.95 Å². The molecular weight excluding hydrogens is 244 g/mol. The van der Waals surface area contributed by atoms with E-state index in [-0.39, 0.29) is 12.5 Å². The second kappa shape index (κ2) is 6.92. The minimum atomic E-state index is -0.764. The smallest absolute Gasteiger partial charge is 0.303 e. The minimum Gasteiger partial charge on any atom is -0.481 e. The topological polar surface area (TPSA) is 69.6 Å². The molecular formula is C13H22N4O2. The van der Waals surface area contributed by atoms with E-state index in [2.05, 4.69) is 28.7 Å². The van der Waals surface area contributed by atoms with Crippen LogP contribution in [0, 0.1) is 0 Å². The molecule has 0 bridgehead atoms. The maximum atomic E-state index is 10.6. The molecule has 0 aromatic carbocycles. The van der Waals surface area contributed by atoms with Crippen LogP contribution in [0.3, 0.4) is 0 Å². The van der Waals surface area contributed by atoms with Crippen LogP contribution in [0.5, 0.6) is 0 Å². The third-order valence-corrected chi connectivity index (χ3v) is 2.74. The molecule has 19 heavy (non-hydrogen) atoms. The summed E-state index contributed by atoms with van der Waals surface area (Å²) in [5, 5.41) is 8.70. The summed E-state index contributed by atoms with van der Waals surface area (Å²) in [6.45, 7) is 4.81. The summed E-state index contributed by atoms with van der Waals surface area (Å²) in [7, 11) is 3.78. The van der Waals surface area contributed by atoms with Crippen LogP contribution in [0.15, 0.2) is 12.3 Å². The van der Waals surface area contributed by atoms with Gasteiger partial charge >= 0.3 is 5.97 Å². The lowest BCUT2D eigenvalue weighted by Crippen LogP contribution is -2.33. The molecule has 0 saturated heterocycles. The highest BCUT2D eigenvalue weighted by atomic mass is 16.4. The molecule has 0 aliphatic heterocycles. The number of carboxylic acid groups (broad SMARTS) is 1. The Balaban J connectivity index is 2.80. The molecule has 0 aliphatic rings. The normalized spacial score (nSPS) is 10.6. The van der Waals surface area contributed by atoms with E-state index in [0.29, 0.717) is 18.9 Å². The molecule has 0 saturated carbocycles. The standard InChI is InChI=1S/C13H22N4O2/c1-10(2)17(9-5-6-12(18)19)11-7-8-14-13(15-11)16(3)4/h7-8,10H,5-6,9H2,1-4H3,(H,18,19). The van der Waals surface area contributed by atoms with Crippen LogP contribution in [-0.4, -0.2) is 47.7 Å². The van der Waals surface area contributed by atoms with Gasteiger partial charge in [-0.25, -0.2) is 4.98 Å². The molecule has 106 valence electrons. The Morgan fingerprint density at radius 3 is 2.63 bits per heavy atom. The monoisotopic (exact) mass is 266 g/mol. The highest BCUT2D eigenvalue weighted by Crippen LogP contribution is 2.17. The average Bonchev–Trinajstić information content (AvgIpc) is 2.34. The molecule has 0 aliphatic carbocycles. The molecule has 0 atom stereocenters. The summed E-state index contributed by atoms with van der Waals surface area (Å²) >= 11 is 0. The first-order chi connectivity index (χ1) is 8.91. The molecule has 0 spiro atoms. The Morgan fingerprint density at radius 1 is 1.42 bits per heavy atom. The number of aromatic nitrogens is 2. The van der Waals surface area contributed by atoms with Crippen molar-refractivity contribution in [2.24, 2.45) is 0 Å². The summed E-state index contributed by atoms with van der Waals surface area (Å²) < 4.78 is 0. The van der Waals surface area contributed by atoms with E-state index in [9.17, 15) is 4.79 Å². The number of rotatable bonds is 7. The Kier molecular flexibility index (Phi) is 5.54. The molecule has 6 nitrogen and oxygen atoms in total. The third kappa shape index (κ3) is 4.73. The van der Waals surface area contributed by atoms with Crippen molar-refractivity contribution in [2.75, 3.05) is 30.4 Å². The van der Waals surface area contributed by atoms with Gasteiger partial charge in [0.15, 0.2) is 0 Å². The number of hydrogen-bond donors (Lipinski definition) is 1. The lowest BCUT2D eigenvalue weighted by atomic mass is 10.2. The van der Waals surface area contributed by atoms with Gasteiger partial charge in [-0.3, -0.25) is 4.79 Å². The first-order valence-electron chi connectivity index (χ1n) is 6.40. The maximum Gasteiger partial charge on any atom is 0.303 e. The van der Waals surface area contributed by atoms with Gasteiger partial charge < -0.3 is 14.9 Å².